The first kappa shape index (κ1) is 27.5. The lowest BCUT2D eigenvalue weighted by atomic mass is 9.95. The average Bonchev–Trinajstić information content (AvgIpc) is 3.25. The molecule has 1 atom stereocenters. The Bertz CT molecular complexity index is 918. The molecule has 0 aromatic heterocycles. The van der Waals surface area contributed by atoms with Crippen LogP contribution in [0.1, 0.15) is 30.4 Å². The average molecular weight is 484 g/mol. The Hall–Kier alpha value is -2.12. The highest BCUT2D eigenvalue weighted by atomic mass is 16.5. The number of aliphatic hydroxyl groups excluding tert-OH is 1. The van der Waals surface area contributed by atoms with Crippen LogP contribution in [0.4, 0.5) is 0 Å². The summed E-state index contributed by atoms with van der Waals surface area (Å²) in [4.78, 5) is 6.88. The fraction of sp³-hybridized carbons (Fsp3) is 0.586. The van der Waals surface area contributed by atoms with Crippen molar-refractivity contribution in [2.75, 3.05) is 73.6 Å². The van der Waals surface area contributed by atoms with Crippen LogP contribution in [0.25, 0.3) is 11.1 Å². The smallest absolute Gasteiger partial charge is 0.122 e. The first-order chi connectivity index (χ1) is 16.8. The lowest BCUT2D eigenvalue weighted by molar-refractivity contribution is 0.173. The predicted molar refractivity (Wildman–Crippen MR) is 145 cm³/mol. The van der Waals surface area contributed by atoms with Crippen LogP contribution in [0.15, 0.2) is 36.4 Å². The second-order valence-corrected chi connectivity index (χ2v) is 10.1. The van der Waals surface area contributed by atoms with E-state index in [0.717, 1.165) is 75.6 Å². The van der Waals surface area contributed by atoms with Crippen molar-refractivity contribution in [2.24, 2.45) is 0 Å². The molecule has 1 heterocycles. The number of likely N-dealkylation sites (tertiary alicyclic amines) is 1. The maximum Gasteiger partial charge on any atom is 0.122 e. The van der Waals surface area contributed by atoms with Crippen molar-refractivity contribution in [3.63, 3.8) is 0 Å². The van der Waals surface area contributed by atoms with Crippen LogP contribution in [0.5, 0.6) is 11.5 Å². The monoisotopic (exact) mass is 483 g/mol. The Kier molecular flexibility index (Phi) is 10.9. The number of aliphatic hydroxyl groups is 1. The molecule has 0 aliphatic carbocycles. The highest BCUT2D eigenvalue weighted by Gasteiger charge is 2.19. The van der Waals surface area contributed by atoms with E-state index in [1.807, 2.05) is 0 Å². The van der Waals surface area contributed by atoms with E-state index in [1.54, 1.807) is 0 Å². The number of rotatable bonds is 14. The van der Waals surface area contributed by atoms with Gasteiger partial charge in [0.25, 0.3) is 0 Å². The third kappa shape index (κ3) is 8.50. The first-order valence-electron chi connectivity index (χ1n) is 13.0. The van der Waals surface area contributed by atoms with Crippen LogP contribution >= 0.6 is 0 Å². The van der Waals surface area contributed by atoms with Crippen molar-refractivity contribution in [2.45, 2.75) is 39.2 Å². The molecule has 1 unspecified atom stereocenters. The van der Waals surface area contributed by atoms with Gasteiger partial charge in [0.05, 0.1) is 19.3 Å². The minimum atomic E-state index is -0.160. The van der Waals surface area contributed by atoms with E-state index >= 15 is 0 Å². The molecule has 2 aromatic carbocycles. The van der Waals surface area contributed by atoms with Crippen molar-refractivity contribution >= 4 is 0 Å². The zero-order valence-corrected chi connectivity index (χ0v) is 22.4. The zero-order chi connectivity index (χ0) is 25.2. The maximum absolute atomic E-state index is 9.68. The molecule has 1 aliphatic heterocycles. The molecule has 1 fully saturated rings. The molecule has 194 valence electrons. The van der Waals surface area contributed by atoms with Gasteiger partial charge in [0.15, 0.2) is 0 Å². The first-order valence-corrected chi connectivity index (χ1v) is 13.0. The Morgan fingerprint density at radius 3 is 2.00 bits per heavy atom. The van der Waals surface area contributed by atoms with E-state index in [2.05, 4.69) is 86.1 Å². The number of nitrogens with zero attached hydrogens (tertiary/aromatic N) is 3. The third-order valence-corrected chi connectivity index (χ3v) is 6.85. The molecule has 35 heavy (non-hydrogen) atoms. The molecule has 2 aromatic rings. The molecular formula is C29H45N3O3. The number of likely N-dealkylation sites (N-methyl/N-ethyl adjacent to an activating group) is 2. The molecule has 0 amide bonds. The number of hydrogen-bond acceptors (Lipinski definition) is 6. The van der Waals surface area contributed by atoms with Crippen LogP contribution < -0.4 is 9.47 Å². The van der Waals surface area contributed by atoms with E-state index < -0.39 is 0 Å². The molecule has 0 bridgehead atoms. The molecule has 6 nitrogen and oxygen atoms in total. The van der Waals surface area contributed by atoms with Gasteiger partial charge in [-0.3, -0.25) is 0 Å². The Balaban J connectivity index is 1.54. The second-order valence-electron chi connectivity index (χ2n) is 10.1. The number of hydrogen-bond donors (Lipinski definition) is 1. The normalized spacial score (nSPS) is 16.4. The van der Waals surface area contributed by atoms with E-state index in [9.17, 15) is 5.11 Å². The van der Waals surface area contributed by atoms with Crippen molar-refractivity contribution in [1.82, 2.24) is 14.7 Å². The molecule has 0 radical (unpaired) electrons. The van der Waals surface area contributed by atoms with Gasteiger partial charge in [0, 0.05) is 39.3 Å². The van der Waals surface area contributed by atoms with Crippen molar-refractivity contribution in [1.29, 1.82) is 0 Å². The summed E-state index contributed by atoms with van der Waals surface area (Å²) >= 11 is 0. The van der Waals surface area contributed by atoms with E-state index in [4.69, 9.17) is 9.47 Å². The number of β-amino-alcohol motifs (C(OH)–C–C–N with tert-alkyl or cyclic N) is 1. The summed E-state index contributed by atoms with van der Waals surface area (Å²) in [7, 11) is 6.39. The number of benzene rings is 2. The standard InChI is InChI=1S/C29H45N3O3/c1-23-26(10-6-12-28(23)34-20-8-15-31(5)19-18-30(3)4)27-11-7-13-29(24(27)2)35-21-9-16-32-17-14-25(33)22-32/h6-7,10-13,25,33H,8-9,14-22H2,1-5H3. The third-order valence-electron chi connectivity index (χ3n) is 6.85. The van der Waals surface area contributed by atoms with Crippen LogP contribution in [0.3, 0.4) is 0 Å². The SMILES string of the molecule is Cc1c(OCCCN(C)CCN(C)C)cccc1-c1cccc(OCCCN2CCC(O)C2)c1C. The Morgan fingerprint density at radius 1 is 0.857 bits per heavy atom. The minimum Gasteiger partial charge on any atom is -0.493 e. The minimum absolute atomic E-state index is 0.160. The summed E-state index contributed by atoms with van der Waals surface area (Å²) < 4.78 is 12.4. The highest BCUT2D eigenvalue weighted by molar-refractivity contribution is 5.74. The summed E-state index contributed by atoms with van der Waals surface area (Å²) in [6.45, 7) is 11.6. The van der Waals surface area contributed by atoms with Gasteiger partial charge < -0.3 is 29.3 Å². The molecule has 0 spiro atoms. The lowest BCUT2D eigenvalue weighted by Crippen LogP contribution is -2.30. The Labute approximate surface area is 212 Å². The van der Waals surface area contributed by atoms with Gasteiger partial charge in [-0.2, -0.15) is 0 Å². The second kappa shape index (κ2) is 13.8. The fourth-order valence-corrected chi connectivity index (χ4v) is 4.61. The zero-order valence-electron chi connectivity index (χ0n) is 22.4. The van der Waals surface area contributed by atoms with Gasteiger partial charge in [-0.05, 0) is 88.6 Å². The molecular weight excluding hydrogens is 438 g/mol. The van der Waals surface area contributed by atoms with Crippen molar-refractivity contribution in [3.8, 4) is 22.6 Å². The predicted octanol–water partition coefficient (Wildman–Crippen LogP) is 4.07. The summed E-state index contributed by atoms with van der Waals surface area (Å²) in [6.07, 6.45) is 2.69. The maximum atomic E-state index is 9.68. The quantitative estimate of drug-likeness (QED) is 0.409. The topological polar surface area (TPSA) is 48.4 Å². The van der Waals surface area contributed by atoms with Crippen LogP contribution in [-0.4, -0.2) is 99.5 Å². The molecule has 1 saturated heterocycles. The van der Waals surface area contributed by atoms with Crippen LogP contribution in [-0.2, 0) is 0 Å². The molecule has 3 rings (SSSR count). The number of ether oxygens (including phenoxy) is 2. The molecule has 1 N–H and O–H groups in total. The summed E-state index contributed by atoms with van der Waals surface area (Å²) in [5.74, 6) is 1.90. The fourth-order valence-electron chi connectivity index (χ4n) is 4.61. The van der Waals surface area contributed by atoms with Gasteiger partial charge >= 0.3 is 0 Å². The van der Waals surface area contributed by atoms with Crippen LogP contribution in [0.2, 0.25) is 0 Å². The summed E-state index contributed by atoms with van der Waals surface area (Å²) in [5, 5.41) is 9.68. The highest BCUT2D eigenvalue weighted by Crippen LogP contribution is 2.35. The van der Waals surface area contributed by atoms with Crippen molar-refractivity contribution in [3.05, 3.63) is 47.5 Å². The molecule has 1 aliphatic rings. The molecule has 6 heteroatoms. The van der Waals surface area contributed by atoms with E-state index in [-0.39, 0.29) is 6.10 Å². The van der Waals surface area contributed by atoms with Gasteiger partial charge in [-0.15, -0.1) is 0 Å². The Morgan fingerprint density at radius 2 is 1.46 bits per heavy atom. The van der Waals surface area contributed by atoms with Gasteiger partial charge in [0.2, 0.25) is 0 Å². The van der Waals surface area contributed by atoms with Gasteiger partial charge in [-0.25, -0.2) is 0 Å². The van der Waals surface area contributed by atoms with Crippen LogP contribution in [0, 0.1) is 13.8 Å². The van der Waals surface area contributed by atoms with E-state index in [0.29, 0.717) is 13.2 Å². The largest absolute Gasteiger partial charge is 0.493 e. The lowest BCUT2D eigenvalue weighted by Gasteiger charge is -2.20. The molecule has 0 saturated carbocycles. The van der Waals surface area contributed by atoms with Gasteiger partial charge in [0.1, 0.15) is 11.5 Å². The summed E-state index contributed by atoms with van der Waals surface area (Å²) in [6, 6.07) is 12.6. The van der Waals surface area contributed by atoms with Crippen molar-refractivity contribution < 1.29 is 14.6 Å². The van der Waals surface area contributed by atoms with Gasteiger partial charge in [-0.1, -0.05) is 24.3 Å². The summed E-state index contributed by atoms with van der Waals surface area (Å²) in [5.41, 5.74) is 4.71. The van der Waals surface area contributed by atoms with E-state index in [1.165, 1.54) is 16.7 Å².